The highest BCUT2D eigenvalue weighted by Crippen LogP contribution is 2.26. The second kappa shape index (κ2) is 7.79. The molecule has 1 amide bonds. The molecule has 4 nitrogen and oxygen atoms in total. The number of aryl methyl sites for hydroxylation is 1. The van der Waals surface area contributed by atoms with Crippen LogP contribution in [0.2, 0.25) is 5.02 Å². The van der Waals surface area contributed by atoms with Gasteiger partial charge in [0.15, 0.2) is 5.76 Å². The molecule has 0 aliphatic heterocycles. The number of hydrogen-bond donors (Lipinski definition) is 1. The standard InChI is InChI=1S/C23H18ClNO3/c1-15-9-10-17(24)13-20(15)25-23(26)22-12-11-18(28-22)14-27-21-8-4-6-16-5-2-3-7-19(16)21/h2-13H,14H2,1H3,(H,25,26). The van der Waals surface area contributed by atoms with Crippen LogP contribution in [0.25, 0.3) is 10.8 Å². The molecule has 0 fully saturated rings. The molecule has 0 atom stereocenters. The maximum Gasteiger partial charge on any atom is 0.291 e. The quantitative estimate of drug-likeness (QED) is 0.439. The van der Waals surface area contributed by atoms with Crippen LogP contribution in [0.5, 0.6) is 5.75 Å². The smallest absolute Gasteiger partial charge is 0.291 e. The second-order valence-electron chi connectivity index (χ2n) is 6.45. The van der Waals surface area contributed by atoms with Gasteiger partial charge in [0.2, 0.25) is 0 Å². The van der Waals surface area contributed by atoms with Gasteiger partial charge in [0.1, 0.15) is 18.1 Å². The first kappa shape index (κ1) is 18.1. The number of amides is 1. The lowest BCUT2D eigenvalue weighted by molar-refractivity contribution is 0.0992. The molecule has 1 heterocycles. The van der Waals surface area contributed by atoms with Gasteiger partial charge in [0.25, 0.3) is 5.91 Å². The molecule has 28 heavy (non-hydrogen) atoms. The third kappa shape index (κ3) is 3.87. The van der Waals surface area contributed by atoms with Gasteiger partial charge in [-0.05, 0) is 48.2 Å². The predicted octanol–water partition coefficient (Wildman–Crippen LogP) is 6.23. The van der Waals surface area contributed by atoms with Crippen molar-refractivity contribution in [2.75, 3.05) is 5.32 Å². The number of nitrogens with one attached hydrogen (secondary N) is 1. The summed E-state index contributed by atoms with van der Waals surface area (Å²) in [5, 5.41) is 5.52. The zero-order chi connectivity index (χ0) is 19.5. The minimum atomic E-state index is -0.332. The van der Waals surface area contributed by atoms with Crippen LogP contribution in [-0.2, 0) is 6.61 Å². The van der Waals surface area contributed by atoms with Crippen molar-refractivity contribution in [3.63, 3.8) is 0 Å². The number of hydrogen-bond acceptors (Lipinski definition) is 3. The van der Waals surface area contributed by atoms with Crippen LogP contribution in [0.4, 0.5) is 5.69 Å². The number of halogens is 1. The largest absolute Gasteiger partial charge is 0.485 e. The lowest BCUT2D eigenvalue weighted by atomic mass is 10.1. The van der Waals surface area contributed by atoms with Gasteiger partial charge in [0.05, 0.1) is 0 Å². The van der Waals surface area contributed by atoms with E-state index in [1.807, 2.05) is 55.5 Å². The zero-order valence-corrected chi connectivity index (χ0v) is 16.0. The Morgan fingerprint density at radius 3 is 2.75 bits per heavy atom. The number of ether oxygens (including phenoxy) is 1. The SMILES string of the molecule is Cc1ccc(Cl)cc1NC(=O)c1ccc(COc2cccc3ccccc23)o1. The van der Waals surface area contributed by atoms with E-state index in [2.05, 4.69) is 5.32 Å². The number of anilines is 1. The van der Waals surface area contributed by atoms with E-state index in [-0.39, 0.29) is 18.3 Å². The van der Waals surface area contributed by atoms with Crippen LogP contribution >= 0.6 is 11.6 Å². The summed E-state index contributed by atoms with van der Waals surface area (Å²) in [5.41, 5.74) is 1.58. The zero-order valence-electron chi connectivity index (χ0n) is 15.2. The molecule has 0 aliphatic rings. The lowest BCUT2D eigenvalue weighted by Crippen LogP contribution is -2.11. The summed E-state index contributed by atoms with van der Waals surface area (Å²) in [6, 6.07) is 22.6. The molecule has 140 valence electrons. The molecule has 4 aromatic rings. The molecule has 1 N–H and O–H groups in total. The molecule has 0 bridgehead atoms. The van der Waals surface area contributed by atoms with E-state index < -0.39 is 0 Å². The van der Waals surface area contributed by atoms with Gasteiger partial charge < -0.3 is 14.5 Å². The average molecular weight is 392 g/mol. The third-order valence-corrected chi connectivity index (χ3v) is 4.69. The van der Waals surface area contributed by atoms with Crippen molar-refractivity contribution < 1.29 is 13.9 Å². The third-order valence-electron chi connectivity index (χ3n) is 4.45. The van der Waals surface area contributed by atoms with Crippen LogP contribution < -0.4 is 10.1 Å². The summed E-state index contributed by atoms with van der Waals surface area (Å²) in [6.07, 6.45) is 0. The second-order valence-corrected chi connectivity index (χ2v) is 6.88. The molecule has 3 aromatic carbocycles. The molecule has 0 spiro atoms. The molecule has 0 saturated carbocycles. The normalized spacial score (nSPS) is 10.8. The van der Waals surface area contributed by atoms with Crippen molar-refractivity contribution in [2.45, 2.75) is 13.5 Å². The Labute approximate surface area is 167 Å². The number of furan rings is 1. The van der Waals surface area contributed by atoms with E-state index in [0.717, 1.165) is 22.1 Å². The number of fused-ring (bicyclic) bond motifs is 1. The summed E-state index contributed by atoms with van der Waals surface area (Å²) in [5.74, 6) is 1.23. The summed E-state index contributed by atoms with van der Waals surface area (Å²) in [7, 11) is 0. The molecule has 0 unspecified atom stereocenters. The van der Waals surface area contributed by atoms with Crippen molar-refractivity contribution in [3.05, 3.63) is 94.9 Å². The Morgan fingerprint density at radius 1 is 1.04 bits per heavy atom. The van der Waals surface area contributed by atoms with E-state index in [4.69, 9.17) is 20.8 Å². The molecule has 0 aliphatic carbocycles. The van der Waals surface area contributed by atoms with Crippen LogP contribution in [0.15, 0.2) is 77.2 Å². The Kier molecular flexibility index (Phi) is 5.04. The Balaban J connectivity index is 1.45. The highest BCUT2D eigenvalue weighted by molar-refractivity contribution is 6.31. The summed E-state index contributed by atoms with van der Waals surface area (Å²) >= 11 is 6.00. The Bertz CT molecular complexity index is 1140. The van der Waals surface area contributed by atoms with Gasteiger partial charge in [-0.1, -0.05) is 54.1 Å². The average Bonchev–Trinajstić information content (AvgIpc) is 3.18. The van der Waals surface area contributed by atoms with Crippen LogP contribution in [0.1, 0.15) is 21.9 Å². The molecular weight excluding hydrogens is 374 g/mol. The van der Waals surface area contributed by atoms with E-state index in [9.17, 15) is 4.79 Å². The van der Waals surface area contributed by atoms with E-state index >= 15 is 0 Å². The highest BCUT2D eigenvalue weighted by Gasteiger charge is 2.13. The van der Waals surface area contributed by atoms with Crippen molar-refractivity contribution in [1.82, 2.24) is 0 Å². The number of carbonyl (C=O) groups excluding carboxylic acids is 1. The predicted molar refractivity (Wildman–Crippen MR) is 111 cm³/mol. The Hall–Kier alpha value is -3.24. The summed E-state index contributed by atoms with van der Waals surface area (Å²) in [6.45, 7) is 2.13. The maximum absolute atomic E-state index is 12.5. The number of rotatable bonds is 5. The highest BCUT2D eigenvalue weighted by atomic mass is 35.5. The van der Waals surface area contributed by atoms with E-state index in [1.165, 1.54) is 0 Å². The fraction of sp³-hybridized carbons (Fsp3) is 0.0870. The molecule has 4 rings (SSSR count). The summed E-state index contributed by atoms with van der Waals surface area (Å²) < 4.78 is 11.6. The minimum absolute atomic E-state index is 0.218. The number of carbonyl (C=O) groups is 1. The van der Waals surface area contributed by atoms with E-state index in [0.29, 0.717) is 16.5 Å². The first-order valence-corrected chi connectivity index (χ1v) is 9.25. The molecular formula is C23H18ClNO3. The Morgan fingerprint density at radius 2 is 1.86 bits per heavy atom. The van der Waals surface area contributed by atoms with Crippen LogP contribution in [0, 0.1) is 6.92 Å². The van der Waals surface area contributed by atoms with Gasteiger partial charge in [0, 0.05) is 16.1 Å². The molecule has 0 radical (unpaired) electrons. The van der Waals surface area contributed by atoms with Gasteiger partial charge in [-0.3, -0.25) is 4.79 Å². The van der Waals surface area contributed by atoms with Crippen molar-refractivity contribution in [1.29, 1.82) is 0 Å². The fourth-order valence-corrected chi connectivity index (χ4v) is 3.13. The molecule has 5 heteroatoms. The molecule has 1 aromatic heterocycles. The minimum Gasteiger partial charge on any atom is -0.485 e. The first-order chi connectivity index (χ1) is 13.6. The van der Waals surface area contributed by atoms with Crippen LogP contribution in [0.3, 0.4) is 0 Å². The van der Waals surface area contributed by atoms with Gasteiger partial charge in [-0.15, -0.1) is 0 Å². The summed E-state index contributed by atoms with van der Waals surface area (Å²) in [4.78, 5) is 12.5. The fourth-order valence-electron chi connectivity index (χ4n) is 2.96. The first-order valence-electron chi connectivity index (χ1n) is 8.87. The van der Waals surface area contributed by atoms with E-state index in [1.54, 1.807) is 24.3 Å². The van der Waals surface area contributed by atoms with Gasteiger partial charge >= 0.3 is 0 Å². The number of benzene rings is 3. The van der Waals surface area contributed by atoms with Crippen molar-refractivity contribution in [2.24, 2.45) is 0 Å². The molecule has 0 saturated heterocycles. The topological polar surface area (TPSA) is 51.5 Å². The van der Waals surface area contributed by atoms with Gasteiger partial charge in [-0.25, -0.2) is 0 Å². The van der Waals surface area contributed by atoms with Crippen molar-refractivity contribution in [3.8, 4) is 5.75 Å². The van der Waals surface area contributed by atoms with Crippen LogP contribution in [-0.4, -0.2) is 5.91 Å². The lowest BCUT2D eigenvalue weighted by Gasteiger charge is -2.08. The maximum atomic E-state index is 12.5. The van der Waals surface area contributed by atoms with Gasteiger partial charge in [-0.2, -0.15) is 0 Å². The van der Waals surface area contributed by atoms with Crippen molar-refractivity contribution >= 4 is 34.0 Å². The monoisotopic (exact) mass is 391 g/mol.